The molecule has 1 saturated heterocycles. The van der Waals surface area contributed by atoms with Gasteiger partial charge in [0.15, 0.2) is 9.84 Å². The van der Waals surface area contributed by atoms with E-state index in [0.717, 1.165) is 33.8 Å². The molecule has 0 aliphatic carbocycles. The summed E-state index contributed by atoms with van der Waals surface area (Å²) in [6.45, 7) is 0.887. The lowest BCUT2D eigenvalue weighted by atomic mass is 10.2. The predicted octanol–water partition coefficient (Wildman–Crippen LogP) is 3.53. The number of hydrogen-bond donors (Lipinski definition) is 0. The van der Waals surface area contributed by atoms with Crippen molar-refractivity contribution in [2.45, 2.75) is 41.9 Å². The molecule has 0 radical (unpaired) electrons. The summed E-state index contributed by atoms with van der Waals surface area (Å²) < 4.78 is 121. The largest absolute Gasteiger partial charge is 0.548 e. The minimum atomic E-state index is -5.21. The van der Waals surface area contributed by atoms with E-state index in [9.17, 15) is 49.1 Å². The van der Waals surface area contributed by atoms with Crippen molar-refractivity contribution >= 4 is 21.6 Å². The third-order valence-electron chi connectivity index (χ3n) is 6.07. The number of carboxylic acids is 1. The van der Waals surface area contributed by atoms with E-state index in [-0.39, 0.29) is 17.6 Å². The Kier molecular flexibility index (Phi) is 6.70. The van der Waals surface area contributed by atoms with Crippen LogP contribution in [0.2, 0.25) is 0 Å². The molecule has 1 fully saturated rings. The van der Waals surface area contributed by atoms with Gasteiger partial charge in [-0.1, -0.05) is 0 Å². The van der Waals surface area contributed by atoms with Crippen molar-refractivity contribution in [3.05, 3.63) is 71.2 Å². The van der Waals surface area contributed by atoms with Crippen LogP contribution in [0.15, 0.2) is 53.4 Å². The first-order valence-corrected chi connectivity index (χ1v) is 12.4. The number of sulfone groups is 1. The average Bonchev–Trinajstić information content (AvgIpc) is 3.42. The number of aliphatic carboxylic acids is 1. The molecule has 0 unspecified atom stereocenters. The summed E-state index contributed by atoms with van der Waals surface area (Å²) in [4.78, 5) is 11.8. The van der Waals surface area contributed by atoms with Crippen LogP contribution in [0, 0.1) is 12.7 Å². The first-order valence-electron chi connectivity index (χ1n) is 10.8. The van der Waals surface area contributed by atoms with Crippen molar-refractivity contribution in [3.63, 3.8) is 0 Å². The summed E-state index contributed by atoms with van der Waals surface area (Å²) in [6.07, 6.45) is -10.5. The van der Waals surface area contributed by atoms with Crippen molar-refractivity contribution in [1.82, 2.24) is 9.78 Å². The normalized spacial score (nSPS) is 18.7. The van der Waals surface area contributed by atoms with Crippen molar-refractivity contribution in [1.29, 1.82) is 0 Å². The van der Waals surface area contributed by atoms with Gasteiger partial charge in [0.05, 0.1) is 44.7 Å². The second kappa shape index (κ2) is 9.29. The standard InChI is InChI=1S/C23H18F7N3O4S/c1-12-8-20(33(31-12)15-5-2-13(3-6-15)22(25,26)27)32-11-16(10-18(32)21(34)35)38(36,37)19-7-4-14(24)9-17(19)23(28,29)30/h2-9,16,18H,10-11H2,1H3,(H,34,35)/p-1/t16-,18+/m1/s1. The molecule has 3 aromatic rings. The molecule has 1 aliphatic heterocycles. The molecule has 2 atom stereocenters. The van der Waals surface area contributed by atoms with E-state index in [2.05, 4.69) is 5.10 Å². The van der Waals surface area contributed by atoms with E-state index in [1.165, 1.54) is 13.0 Å². The highest BCUT2D eigenvalue weighted by molar-refractivity contribution is 7.92. The zero-order valence-corrected chi connectivity index (χ0v) is 20.0. The Morgan fingerprint density at radius 2 is 1.63 bits per heavy atom. The highest BCUT2D eigenvalue weighted by Gasteiger charge is 2.46. The number of carbonyl (C=O) groups excluding carboxylic acids is 1. The van der Waals surface area contributed by atoms with E-state index in [0.29, 0.717) is 17.8 Å². The fraction of sp³-hybridized carbons (Fsp3) is 0.304. The zero-order chi connectivity index (χ0) is 28.2. The van der Waals surface area contributed by atoms with E-state index >= 15 is 0 Å². The van der Waals surface area contributed by atoms with E-state index < -0.39 is 74.3 Å². The van der Waals surface area contributed by atoms with Crippen molar-refractivity contribution < 1.29 is 49.1 Å². The van der Waals surface area contributed by atoms with Crippen LogP contribution in [0.1, 0.15) is 23.2 Å². The van der Waals surface area contributed by atoms with E-state index in [4.69, 9.17) is 0 Å². The van der Waals surface area contributed by atoms with Crippen LogP contribution in [0.4, 0.5) is 36.6 Å². The molecule has 0 bridgehead atoms. The lowest BCUT2D eigenvalue weighted by molar-refractivity contribution is -0.307. The molecule has 0 saturated carbocycles. The number of anilines is 1. The predicted molar refractivity (Wildman–Crippen MR) is 116 cm³/mol. The quantitative estimate of drug-likeness (QED) is 0.348. The third kappa shape index (κ3) is 5.06. The number of alkyl halides is 6. The Morgan fingerprint density at radius 1 is 1.00 bits per heavy atom. The Labute approximate surface area is 211 Å². The zero-order valence-electron chi connectivity index (χ0n) is 19.2. The Morgan fingerprint density at radius 3 is 2.18 bits per heavy atom. The number of aromatic nitrogens is 2. The molecule has 2 aromatic carbocycles. The van der Waals surface area contributed by atoms with Crippen LogP contribution >= 0.6 is 0 Å². The maximum absolute atomic E-state index is 13.5. The summed E-state index contributed by atoms with van der Waals surface area (Å²) in [7, 11) is -4.84. The molecule has 7 nitrogen and oxygen atoms in total. The highest BCUT2D eigenvalue weighted by Crippen LogP contribution is 2.39. The Balaban J connectivity index is 1.76. The van der Waals surface area contributed by atoms with Crippen LogP contribution in [0.25, 0.3) is 5.69 Å². The smallest absolute Gasteiger partial charge is 0.417 e. The van der Waals surface area contributed by atoms with Gasteiger partial charge in [-0.3, -0.25) is 0 Å². The van der Waals surface area contributed by atoms with Gasteiger partial charge < -0.3 is 14.8 Å². The number of aryl methyl sites for hydroxylation is 1. The number of carboxylic acid groups (broad SMARTS) is 1. The molecular weight excluding hydrogens is 547 g/mol. The molecule has 15 heteroatoms. The number of rotatable bonds is 5. The molecule has 4 rings (SSSR count). The van der Waals surface area contributed by atoms with Gasteiger partial charge >= 0.3 is 12.4 Å². The lowest BCUT2D eigenvalue weighted by Gasteiger charge is -2.27. The SMILES string of the molecule is Cc1cc(N2C[C@H](S(=O)(=O)c3ccc(F)cc3C(F)(F)F)C[C@H]2C(=O)[O-])n(-c2ccc(C(F)(F)F)cc2)n1. The average molecular weight is 564 g/mol. The van der Waals surface area contributed by atoms with Crippen LogP contribution in [0.5, 0.6) is 0 Å². The van der Waals surface area contributed by atoms with Crippen LogP contribution in [0.3, 0.4) is 0 Å². The van der Waals surface area contributed by atoms with Gasteiger partial charge in [0.25, 0.3) is 0 Å². The van der Waals surface area contributed by atoms with E-state index in [1.54, 1.807) is 0 Å². The maximum Gasteiger partial charge on any atom is 0.417 e. The molecule has 38 heavy (non-hydrogen) atoms. The second-order valence-electron chi connectivity index (χ2n) is 8.63. The van der Waals surface area contributed by atoms with Crippen LogP contribution in [-0.4, -0.2) is 42.0 Å². The highest BCUT2D eigenvalue weighted by atomic mass is 32.2. The maximum atomic E-state index is 13.5. The van der Waals surface area contributed by atoms with Crippen LogP contribution < -0.4 is 10.0 Å². The summed E-state index contributed by atoms with van der Waals surface area (Å²) >= 11 is 0. The van der Waals surface area contributed by atoms with Gasteiger partial charge in [-0.15, -0.1) is 0 Å². The van der Waals surface area contributed by atoms with Crippen molar-refractivity contribution in [3.8, 4) is 5.69 Å². The lowest BCUT2D eigenvalue weighted by Crippen LogP contribution is -2.45. The van der Waals surface area contributed by atoms with Gasteiger partial charge in [0.1, 0.15) is 11.6 Å². The molecule has 0 amide bonds. The van der Waals surface area contributed by atoms with Gasteiger partial charge in [-0.2, -0.15) is 31.4 Å². The van der Waals surface area contributed by atoms with Gasteiger partial charge in [-0.25, -0.2) is 17.5 Å². The summed E-state index contributed by atoms with van der Waals surface area (Å²) in [5, 5.41) is 14.4. The second-order valence-corrected chi connectivity index (χ2v) is 10.8. The van der Waals surface area contributed by atoms with Gasteiger partial charge in [-0.05, 0) is 55.8 Å². The molecule has 2 heterocycles. The summed E-state index contributed by atoms with van der Waals surface area (Å²) in [5.74, 6) is -3.06. The summed E-state index contributed by atoms with van der Waals surface area (Å²) in [6, 6.07) is 4.48. The van der Waals surface area contributed by atoms with Crippen molar-refractivity contribution in [2.24, 2.45) is 0 Å². The molecular formula is C23H17F7N3O4S-. The minimum absolute atomic E-state index is 0.0238. The topological polar surface area (TPSA) is 95.3 Å². The van der Waals surface area contributed by atoms with Gasteiger partial charge in [0.2, 0.25) is 0 Å². The monoisotopic (exact) mass is 564 g/mol. The summed E-state index contributed by atoms with van der Waals surface area (Å²) in [5.41, 5.74) is -2.30. The molecule has 0 spiro atoms. The number of hydrogen-bond acceptors (Lipinski definition) is 6. The number of benzene rings is 2. The fourth-order valence-corrected chi connectivity index (χ4v) is 6.21. The molecule has 1 aliphatic rings. The van der Waals surface area contributed by atoms with Gasteiger partial charge in [0, 0.05) is 12.6 Å². The van der Waals surface area contributed by atoms with Crippen LogP contribution in [-0.2, 0) is 27.0 Å². The van der Waals surface area contributed by atoms with E-state index in [1.807, 2.05) is 0 Å². The number of nitrogens with zero attached hydrogens (tertiary/aromatic N) is 3. The minimum Gasteiger partial charge on any atom is -0.548 e. The third-order valence-corrected chi connectivity index (χ3v) is 8.26. The van der Waals surface area contributed by atoms with Crippen molar-refractivity contribution in [2.75, 3.05) is 11.4 Å². The molecule has 204 valence electrons. The fourth-order valence-electron chi connectivity index (χ4n) is 4.32. The Hall–Kier alpha value is -3.62. The number of halogens is 7. The number of carbonyl (C=O) groups is 1. The first-order chi connectivity index (χ1) is 17.5. The molecule has 1 aromatic heterocycles. The first kappa shape index (κ1) is 27.4. The molecule has 0 N–H and O–H groups in total. The Bertz CT molecular complexity index is 1480.